The molecule has 296 valence electrons. The molecule has 3 aliphatic heterocycles. The third-order valence-corrected chi connectivity index (χ3v) is 12.5. The molecular formula is C40H42N8O7S2. The fourth-order valence-corrected chi connectivity index (χ4v) is 8.69. The fraction of sp³-hybridized carbons (Fsp3) is 0.400. The van der Waals surface area contributed by atoms with E-state index in [1.54, 1.807) is 47.3 Å². The Morgan fingerprint density at radius 1 is 1.00 bits per heavy atom. The van der Waals surface area contributed by atoms with Gasteiger partial charge >= 0.3 is 0 Å². The number of amides is 5. The summed E-state index contributed by atoms with van der Waals surface area (Å²) in [5.74, 6) is 0.0363. The molecule has 57 heavy (non-hydrogen) atoms. The second-order valence-electron chi connectivity index (χ2n) is 15.3. The minimum absolute atomic E-state index is 0.0997. The van der Waals surface area contributed by atoms with Gasteiger partial charge in [-0.25, -0.2) is 9.97 Å². The summed E-state index contributed by atoms with van der Waals surface area (Å²) in [4.78, 5) is 88.2. The maximum Gasteiger partial charge on any atom is 0.255 e. The minimum Gasteiger partial charge on any atom is -0.444 e. The highest BCUT2D eigenvalue weighted by molar-refractivity contribution is 8.00. The monoisotopic (exact) mass is 810 g/mol. The SMILES string of the molecule is CN(C(=O)c1cc2c(cc1C=O)N=Nc1cc(C(=O)N3CCC(C(=O)Nc4ncc(SCc5ncc(C(C)(C)C)o5)s4)CC3)ccc1CC2)C1CCC(=O)NC1=O. The lowest BCUT2D eigenvalue weighted by Gasteiger charge is -2.31. The quantitative estimate of drug-likeness (QED) is 0.108. The minimum atomic E-state index is -0.834. The third kappa shape index (κ3) is 8.89. The second kappa shape index (κ2) is 16.5. The van der Waals surface area contributed by atoms with Gasteiger partial charge in [-0.1, -0.05) is 38.2 Å². The predicted octanol–water partition coefficient (Wildman–Crippen LogP) is 6.42. The van der Waals surface area contributed by atoms with Crippen molar-refractivity contribution >= 4 is 75.4 Å². The molecule has 5 heterocycles. The zero-order valence-corrected chi connectivity index (χ0v) is 33.6. The molecule has 2 saturated heterocycles. The van der Waals surface area contributed by atoms with Crippen LogP contribution in [0.15, 0.2) is 61.6 Å². The Bertz CT molecular complexity index is 2290. The first-order chi connectivity index (χ1) is 27.3. The van der Waals surface area contributed by atoms with Crippen molar-refractivity contribution < 1.29 is 33.2 Å². The Morgan fingerprint density at radius 3 is 2.44 bits per heavy atom. The Morgan fingerprint density at radius 2 is 1.74 bits per heavy atom. The molecule has 0 saturated carbocycles. The van der Waals surface area contributed by atoms with Gasteiger partial charge in [0.25, 0.3) is 11.8 Å². The molecule has 2 fully saturated rings. The normalized spacial score (nSPS) is 17.2. The molecule has 1 atom stereocenters. The van der Waals surface area contributed by atoms with Gasteiger partial charge in [-0.15, -0.1) is 11.8 Å². The van der Waals surface area contributed by atoms with E-state index in [2.05, 4.69) is 51.6 Å². The summed E-state index contributed by atoms with van der Waals surface area (Å²) in [5.41, 5.74) is 3.09. The molecular weight excluding hydrogens is 769 g/mol. The molecule has 7 rings (SSSR count). The van der Waals surface area contributed by atoms with Gasteiger partial charge in [-0.05, 0) is 67.5 Å². The number of rotatable bonds is 9. The van der Waals surface area contributed by atoms with Crippen LogP contribution in [0.5, 0.6) is 0 Å². The van der Waals surface area contributed by atoms with Crippen LogP contribution in [-0.2, 0) is 38.4 Å². The van der Waals surface area contributed by atoms with E-state index in [1.807, 2.05) is 6.07 Å². The fourth-order valence-electron chi connectivity index (χ4n) is 6.96. The Labute approximate surface area is 337 Å². The number of piperidine rings is 2. The van der Waals surface area contributed by atoms with Crippen LogP contribution in [0.1, 0.15) is 100 Å². The number of oxazole rings is 1. The maximum absolute atomic E-state index is 13.6. The van der Waals surface area contributed by atoms with Crippen molar-refractivity contribution in [3.63, 3.8) is 0 Å². The molecule has 0 bridgehead atoms. The first-order valence-electron chi connectivity index (χ1n) is 18.7. The number of carbonyl (C=O) groups is 6. The van der Waals surface area contributed by atoms with E-state index in [9.17, 15) is 28.8 Å². The van der Waals surface area contributed by atoms with Crippen molar-refractivity contribution in [3.8, 4) is 0 Å². The number of thioether (sulfide) groups is 1. The second-order valence-corrected chi connectivity index (χ2v) is 17.6. The van der Waals surface area contributed by atoms with Crippen LogP contribution in [-0.4, -0.2) is 81.8 Å². The molecule has 3 aliphatic rings. The van der Waals surface area contributed by atoms with Crippen LogP contribution in [0.2, 0.25) is 0 Å². The van der Waals surface area contributed by atoms with E-state index in [-0.39, 0.29) is 53.0 Å². The molecule has 2 aromatic heterocycles. The summed E-state index contributed by atoms with van der Waals surface area (Å²) in [6, 6.07) is 7.62. The van der Waals surface area contributed by atoms with Gasteiger partial charge in [0.05, 0.1) is 39.3 Å². The highest BCUT2D eigenvalue weighted by atomic mass is 32.2. The Balaban J connectivity index is 0.945. The van der Waals surface area contributed by atoms with Gasteiger partial charge in [0, 0.05) is 49.0 Å². The number of anilines is 1. The lowest BCUT2D eigenvalue weighted by atomic mass is 9.94. The van der Waals surface area contributed by atoms with Crippen LogP contribution in [0.4, 0.5) is 16.5 Å². The number of fused-ring (bicyclic) bond motifs is 2. The molecule has 0 radical (unpaired) electrons. The number of aryl methyl sites for hydroxylation is 2. The van der Waals surface area contributed by atoms with Crippen molar-refractivity contribution in [3.05, 3.63) is 82.2 Å². The number of nitrogens with zero attached hydrogens (tertiary/aromatic N) is 6. The van der Waals surface area contributed by atoms with Crippen LogP contribution in [0, 0.1) is 5.92 Å². The Hall–Kier alpha value is -5.55. The molecule has 2 N–H and O–H groups in total. The average Bonchev–Trinajstić information content (AvgIpc) is 3.87. The summed E-state index contributed by atoms with van der Waals surface area (Å²) in [7, 11) is 1.48. The van der Waals surface area contributed by atoms with Gasteiger partial charge in [-0.3, -0.25) is 34.1 Å². The largest absolute Gasteiger partial charge is 0.444 e. The summed E-state index contributed by atoms with van der Waals surface area (Å²) in [6.07, 6.45) is 6.41. The first-order valence-corrected chi connectivity index (χ1v) is 20.5. The third-order valence-electron chi connectivity index (χ3n) is 10.4. The number of thiazole rings is 1. The number of carbonyl (C=O) groups excluding carboxylic acids is 6. The topological polar surface area (TPSA) is 197 Å². The predicted molar refractivity (Wildman–Crippen MR) is 212 cm³/mol. The van der Waals surface area contributed by atoms with Gasteiger partial charge in [0.2, 0.25) is 23.6 Å². The lowest BCUT2D eigenvalue weighted by molar-refractivity contribution is -0.136. The number of benzene rings is 2. The van der Waals surface area contributed by atoms with Crippen molar-refractivity contribution in [2.45, 2.75) is 80.7 Å². The number of azo groups is 1. The van der Waals surface area contributed by atoms with E-state index >= 15 is 0 Å². The number of aromatic nitrogens is 2. The van der Waals surface area contributed by atoms with Crippen molar-refractivity contribution in [1.82, 2.24) is 25.1 Å². The summed E-state index contributed by atoms with van der Waals surface area (Å²) < 4.78 is 6.81. The Kier molecular flexibility index (Phi) is 11.5. The molecule has 0 spiro atoms. The van der Waals surface area contributed by atoms with Crippen LogP contribution in [0.25, 0.3) is 0 Å². The molecule has 17 heteroatoms. The zero-order valence-electron chi connectivity index (χ0n) is 32.0. The summed E-state index contributed by atoms with van der Waals surface area (Å²) >= 11 is 2.94. The molecule has 5 amide bonds. The van der Waals surface area contributed by atoms with Gasteiger partial charge < -0.3 is 19.5 Å². The molecule has 4 aromatic rings. The van der Waals surface area contributed by atoms with Gasteiger partial charge in [0.1, 0.15) is 11.8 Å². The van der Waals surface area contributed by atoms with E-state index in [4.69, 9.17) is 4.42 Å². The molecule has 15 nitrogen and oxygen atoms in total. The highest BCUT2D eigenvalue weighted by Gasteiger charge is 2.34. The summed E-state index contributed by atoms with van der Waals surface area (Å²) in [6.45, 7) is 7.05. The molecule has 1 unspecified atom stereocenters. The van der Waals surface area contributed by atoms with E-state index in [0.717, 1.165) is 15.5 Å². The van der Waals surface area contributed by atoms with E-state index < -0.39 is 17.9 Å². The van der Waals surface area contributed by atoms with Crippen molar-refractivity contribution in [1.29, 1.82) is 0 Å². The number of likely N-dealkylation sites (tertiary alicyclic amines) is 1. The van der Waals surface area contributed by atoms with E-state index in [1.165, 1.54) is 29.4 Å². The zero-order chi connectivity index (χ0) is 40.4. The number of imide groups is 1. The standard InChI is InChI=1S/C40H42N8O7S2/c1-40(2,3)31-18-41-33(55-31)21-56-34-19-42-39(57-34)44-35(51)23-11-13-48(14-12-23)37(53)25-8-6-22-5-7-24-15-27(26(20-49)17-29(24)46-45-28(22)16-25)38(54)47(4)30-9-10-32(50)43-36(30)52/h6,8,15-20,23,30H,5,7,9-14,21H2,1-4H3,(H,42,44,51)(H,43,50,52). The van der Waals surface area contributed by atoms with Crippen molar-refractivity contribution in [2.75, 3.05) is 25.5 Å². The van der Waals surface area contributed by atoms with Gasteiger partial charge in [-0.2, -0.15) is 10.2 Å². The summed E-state index contributed by atoms with van der Waals surface area (Å²) in [5, 5.41) is 14.6. The highest BCUT2D eigenvalue weighted by Crippen LogP contribution is 2.35. The number of hydrogen-bond donors (Lipinski definition) is 2. The van der Waals surface area contributed by atoms with Crippen molar-refractivity contribution in [2.24, 2.45) is 16.1 Å². The number of aldehydes is 1. The maximum atomic E-state index is 13.6. The van der Waals surface area contributed by atoms with E-state index in [0.29, 0.717) is 84.3 Å². The number of likely N-dealkylation sites (N-methyl/N-ethyl adjacent to an activating group) is 1. The first kappa shape index (κ1) is 39.7. The number of hydrogen-bond acceptors (Lipinski definition) is 13. The van der Waals surface area contributed by atoms with Gasteiger partial charge in [0.15, 0.2) is 11.4 Å². The lowest BCUT2D eigenvalue weighted by Crippen LogP contribution is -2.53. The molecule has 0 aliphatic carbocycles. The molecule has 2 aromatic carbocycles. The van der Waals surface area contributed by atoms with Crippen LogP contribution >= 0.6 is 23.1 Å². The smallest absolute Gasteiger partial charge is 0.255 e. The van der Waals surface area contributed by atoms with Crippen LogP contribution in [0.3, 0.4) is 0 Å². The average molecular weight is 811 g/mol. The van der Waals surface area contributed by atoms with Crippen LogP contribution < -0.4 is 10.6 Å². The number of nitrogens with one attached hydrogen (secondary N) is 2.